The molecular formula is C23H19N5O3S2. The number of ether oxygens (including phenoxy) is 1. The summed E-state index contributed by atoms with van der Waals surface area (Å²) in [4.78, 5) is 31.8. The second-order valence-corrected chi connectivity index (χ2v) is 9.49. The predicted octanol–water partition coefficient (Wildman–Crippen LogP) is 4.39. The van der Waals surface area contributed by atoms with Gasteiger partial charge in [0.2, 0.25) is 11.0 Å². The maximum Gasteiger partial charge on any atom is 0.268 e. The Morgan fingerprint density at radius 1 is 1.15 bits per heavy atom. The van der Waals surface area contributed by atoms with Crippen molar-refractivity contribution >= 4 is 45.3 Å². The molecule has 8 nitrogen and oxygen atoms in total. The molecule has 1 atom stereocenters. The van der Waals surface area contributed by atoms with Crippen LogP contribution >= 0.6 is 22.7 Å². The minimum atomic E-state index is -0.691. The fourth-order valence-electron chi connectivity index (χ4n) is 3.50. The summed E-state index contributed by atoms with van der Waals surface area (Å²) in [5, 5.41) is 14.5. The summed E-state index contributed by atoms with van der Waals surface area (Å²) in [5.41, 5.74) is 3.21. The van der Waals surface area contributed by atoms with E-state index in [9.17, 15) is 9.59 Å². The molecule has 0 bridgehead atoms. The molecule has 3 heterocycles. The molecule has 2 aromatic heterocycles. The summed E-state index contributed by atoms with van der Waals surface area (Å²) in [7, 11) is 0. The molecule has 166 valence electrons. The Kier molecular flexibility index (Phi) is 5.61. The van der Waals surface area contributed by atoms with E-state index in [0.717, 1.165) is 26.8 Å². The number of aryl methyl sites for hydroxylation is 1. The van der Waals surface area contributed by atoms with Crippen molar-refractivity contribution in [2.24, 2.45) is 0 Å². The van der Waals surface area contributed by atoms with E-state index in [0.29, 0.717) is 16.6 Å². The predicted molar refractivity (Wildman–Crippen MR) is 129 cm³/mol. The van der Waals surface area contributed by atoms with Crippen LogP contribution in [0.25, 0.3) is 21.8 Å². The smallest absolute Gasteiger partial charge is 0.268 e. The van der Waals surface area contributed by atoms with Crippen LogP contribution in [0.1, 0.15) is 11.9 Å². The Labute approximate surface area is 197 Å². The molecule has 0 aliphatic carbocycles. The molecule has 2 amide bonds. The van der Waals surface area contributed by atoms with E-state index < -0.39 is 6.10 Å². The molecule has 33 heavy (non-hydrogen) atoms. The third-order valence-electron chi connectivity index (χ3n) is 5.06. The average molecular weight is 478 g/mol. The van der Waals surface area contributed by atoms with Crippen LogP contribution in [0.4, 0.5) is 10.8 Å². The van der Waals surface area contributed by atoms with E-state index in [2.05, 4.69) is 15.5 Å². The topological polar surface area (TPSA) is 97.3 Å². The van der Waals surface area contributed by atoms with E-state index in [1.54, 1.807) is 25.2 Å². The molecule has 4 aromatic rings. The summed E-state index contributed by atoms with van der Waals surface area (Å²) in [6.45, 7) is 3.32. The summed E-state index contributed by atoms with van der Waals surface area (Å²) in [5.74, 6) is -0.0969. The van der Waals surface area contributed by atoms with Gasteiger partial charge in [0.15, 0.2) is 6.10 Å². The molecular weight excluding hydrogens is 458 g/mol. The van der Waals surface area contributed by atoms with Gasteiger partial charge in [0.25, 0.3) is 5.91 Å². The maximum absolute atomic E-state index is 12.9. The second kappa shape index (κ2) is 8.72. The van der Waals surface area contributed by atoms with Gasteiger partial charge in [0.05, 0.1) is 11.4 Å². The van der Waals surface area contributed by atoms with Gasteiger partial charge in [-0.05, 0) is 32.0 Å². The average Bonchev–Trinajstić information content (AvgIpc) is 3.46. The fraction of sp³-hybridized carbons (Fsp3) is 0.174. The van der Waals surface area contributed by atoms with Crippen molar-refractivity contribution in [1.29, 1.82) is 0 Å². The Balaban J connectivity index is 1.43. The highest BCUT2D eigenvalue weighted by molar-refractivity contribution is 7.15. The van der Waals surface area contributed by atoms with Gasteiger partial charge in [-0.25, -0.2) is 4.98 Å². The van der Waals surface area contributed by atoms with Gasteiger partial charge in [0, 0.05) is 16.5 Å². The highest BCUT2D eigenvalue weighted by atomic mass is 32.1. The molecule has 2 aromatic carbocycles. The summed E-state index contributed by atoms with van der Waals surface area (Å²) >= 11 is 2.83. The van der Waals surface area contributed by atoms with Crippen LogP contribution in [-0.4, -0.2) is 39.6 Å². The molecule has 0 radical (unpaired) electrons. The van der Waals surface area contributed by atoms with Crippen LogP contribution in [0.5, 0.6) is 5.75 Å². The third-order valence-corrected chi connectivity index (χ3v) is 6.71. The molecule has 1 unspecified atom stereocenters. The lowest BCUT2D eigenvalue weighted by molar-refractivity contribution is -0.127. The zero-order chi connectivity index (χ0) is 22.9. The number of rotatable bonds is 5. The molecule has 1 aliphatic heterocycles. The maximum atomic E-state index is 12.9. The molecule has 0 fully saturated rings. The second-order valence-electron chi connectivity index (χ2n) is 7.45. The molecule has 0 saturated carbocycles. The Morgan fingerprint density at radius 3 is 2.73 bits per heavy atom. The van der Waals surface area contributed by atoms with E-state index in [4.69, 9.17) is 9.72 Å². The quantitative estimate of drug-likeness (QED) is 0.458. The van der Waals surface area contributed by atoms with Crippen LogP contribution < -0.4 is 15.0 Å². The van der Waals surface area contributed by atoms with Crippen molar-refractivity contribution in [3.63, 3.8) is 0 Å². The first-order valence-corrected chi connectivity index (χ1v) is 11.9. The summed E-state index contributed by atoms with van der Waals surface area (Å²) < 4.78 is 5.78. The summed E-state index contributed by atoms with van der Waals surface area (Å²) in [6, 6.07) is 15.5. The van der Waals surface area contributed by atoms with Crippen LogP contribution in [0.2, 0.25) is 0 Å². The number of hydrogen-bond donors (Lipinski definition) is 1. The van der Waals surface area contributed by atoms with Gasteiger partial charge in [-0.1, -0.05) is 41.7 Å². The Hall–Kier alpha value is -3.63. The number of thiazole rings is 1. The molecule has 1 N–H and O–H groups in total. The third kappa shape index (κ3) is 4.35. The summed E-state index contributed by atoms with van der Waals surface area (Å²) in [6.07, 6.45) is -0.691. The lowest BCUT2D eigenvalue weighted by atomic mass is 10.1. The van der Waals surface area contributed by atoms with Gasteiger partial charge < -0.3 is 4.74 Å². The van der Waals surface area contributed by atoms with E-state index in [-0.39, 0.29) is 18.4 Å². The molecule has 5 rings (SSSR count). The van der Waals surface area contributed by atoms with Gasteiger partial charge in [-0.2, -0.15) is 0 Å². The highest BCUT2D eigenvalue weighted by Gasteiger charge is 2.33. The normalized spacial score (nSPS) is 15.2. The SMILES string of the molecule is Cc1nnc(NC(=O)CN2C(=O)C(C)Oc3ccc(-c4csc(-c5ccccc5)n4)cc32)s1. The standard InChI is InChI=1S/C23H19N5O3S2/c1-13-22(30)28(11-20(29)25-23-27-26-14(2)33-23)18-10-16(8-9-19(18)31-13)17-12-32-21(24-17)15-6-4-3-5-7-15/h3-10,12-13H,11H2,1-2H3,(H,25,27,29). The van der Waals surface area contributed by atoms with Crippen molar-refractivity contribution in [3.05, 3.63) is 58.9 Å². The lowest BCUT2D eigenvalue weighted by Gasteiger charge is -2.32. The monoisotopic (exact) mass is 477 g/mol. The number of carbonyl (C=O) groups excluding carboxylic acids is 2. The number of carbonyl (C=O) groups is 2. The number of nitrogens with one attached hydrogen (secondary N) is 1. The number of hydrogen-bond acceptors (Lipinski definition) is 8. The van der Waals surface area contributed by atoms with Crippen molar-refractivity contribution in [2.75, 3.05) is 16.8 Å². The first-order chi connectivity index (χ1) is 16.0. The highest BCUT2D eigenvalue weighted by Crippen LogP contribution is 2.38. The number of amides is 2. The van der Waals surface area contributed by atoms with Crippen LogP contribution in [0.15, 0.2) is 53.9 Å². The van der Waals surface area contributed by atoms with Gasteiger partial charge >= 0.3 is 0 Å². The Morgan fingerprint density at radius 2 is 1.97 bits per heavy atom. The zero-order valence-electron chi connectivity index (χ0n) is 17.8. The van der Waals surface area contributed by atoms with Gasteiger partial charge in [-0.3, -0.25) is 19.8 Å². The zero-order valence-corrected chi connectivity index (χ0v) is 19.4. The number of benzene rings is 2. The minimum absolute atomic E-state index is 0.159. The fourth-order valence-corrected chi connectivity index (χ4v) is 4.94. The van der Waals surface area contributed by atoms with Crippen molar-refractivity contribution in [1.82, 2.24) is 15.2 Å². The first kappa shape index (κ1) is 21.2. The van der Waals surface area contributed by atoms with Crippen molar-refractivity contribution in [3.8, 4) is 27.6 Å². The van der Waals surface area contributed by atoms with E-state index in [1.807, 2.05) is 53.9 Å². The van der Waals surface area contributed by atoms with Crippen LogP contribution in [0, 0.1) is 6.92 Å². The molecule has 0 saturated heterocycles. The Bertz CT molecular complexity index is 1330. The minimum Gasteiger partial charge on any atom is -0.479 e. The molecule has 1 aliphatic rings. The number of fused-ring (bicyclic) bond motifs is 1. The van der Waals surface area contributed by atoms with Crippen molar-refractivity contribution < 1.29 is 14.3 Å². The van der Waals surface area contributed by atoms with Crippen LogP contribution in [-0.2, 0) is 9.59 Å². The van der Waals surface area contributed by atoms with Gasteiger partial charge in [0.1, 0.15) is 22.3 Å². The van der Waals surface area contributed by atoms with E-state index >= 15 is 0 Å². The molecule has 10 heteroatoms. The largest absolute Gasteiger partial charge is 0.479 e. The molecule has 0 spiro atoms. The number of anilines is 2. The lowest BCUT2D eigenvalue weighted by Crippen LogP contribution is -2.47. The van der Waals surface area contributed by atoms with Gasteiger partial charge in [-0.15, -0.1) is 21.5 Å². The number of aromatic nitrogens is 3. The van der Waals surface area contributed by atoms with Crippen molar-refractivity contribution in [2.45, 2.75) is 20.0 Å². The number of nitrogens with zero attached hydrogens (tertiary/aromatic N) is 4. The van der Waals surface area contributed by atoms with E-state index in [1.165, 1.54) is 16.2 Å². The van der Waals surface area contributed by atoms with Crippen LogP contribution in [0.3, 0.4) is 0 Å². The first-order valence-electron chi connectivity index (χ1n) is 10.2.